The summed E-state index contributed by atoms with van der Waals surface area (Å²) >= 11 is 0. The number of benzene rings is 1. The van der Waals surface area contributed by atoms with Crippen LogP contribution >= 0.6 is 0 Å². The molecule has 0 aromatic heterocycles. The van der Waals surface area contributed by atoms with E-state index in [9.17, 15) is 23.1 Å². The van der Waals surface area contributed by atoms with Crippen molar-refractivity contribution in [3.8, 4) is 0 Å². The summed E-state index contributed by atoms with van der Waals surface area (Å²) in [4.78, 5) is 26.1. The van der Waals surface area contributed by atoms with Crippen molar-refractivity contribution in [1.82, 2.24) is 0 Å². The van der Waals surface area contributed by atoms with Crippen LogP contribution in [0.3, 0.4) is 0 Å². The summed E-state index contributed by atoms with van der Waals surface area (Å²) in [5.41, 5.74) is 8.69. The topological polar surface area (TPSA) is 156 Å². The first-order valence-corrected chi connectivity index (χ1v) is 9.15. The third-order valence-corrected chi connectivity index (χ3v) is 4.08. The van der Waals surface area contributed by atoms with Crippen molar-refractivity contribution in [3.05, 3.63) is 58.0 Å². The Morgan fingerprint density at radius 2 is 1.96 bits per heavy atom. The lowest BCUT2D eigenvalue weighted by Gasteiger charge is -2.32. The van der Waals surface area contributed by atoms with E-state index in [2.05, 4.69) is 10.0 Å². The molecule has 26 heavy (non-hydrogen) atoms. The number of hydrogen-bond acceptors (Lipinski definition) is 7. The molecule has 1 aliphatic rings. The number of nitrogens with zero attached hydrogens (tertiary/aromatic N) is 3. The van der Waals surface area contributed by atoms with E-state index in [-0.39, 0.29) is 17.6 Å². The summed E-state index contributed by atoms with van der Waals surface area (Å²) in [5.74, 6) is -2.09. The molecule has 0 bridgehead atoms. The Balaban J connectivity index is 2.37. The number of azide groups is 1. The number of carboxylic acids is 1. The average molecular weight is 381 g/mol. The van der Waals surface area contributed by atoms with Gasteiger partial charge in [-0.1, -0.05) is 29.4 Å². The number of carboxylic acid groups (broad SMARTS) is 1. The van der Waals surface area contributed by atoms with Crippen LogP contribution in [-0.2, 0) is 23.8 Å². The van der Waals surface area contributed by atoms with E-state index in [0.717, 1.165) is 12.3 Å². The molecule has 0 heterocycles. The first-order valence-electron chi connectivity index (χ1n) is 7.33. The summed E-state index contributed by atoms with van der Waals surface area (Å²) in [6.07, 6.45) is -1.08. The molecule has 3 unspecified atom stereocenters. The largest absolute Gasteiger partial charge is 0.478 e. The highest BCUT2D eigenvalue weighted by atomic mass is 32.2. The van der Waals surface area contributed by atoms with E-state index in [1.807, 2.05) is 0 Å². The molecule has 1 N–H and O–H groups in total. The second-order valence-electron chi connectivity index (χ2n) is 5.47. The first kappa shape index (κ1) is 19.4. The lowest BCUT2D eigenvalue weighted by Crippen LogP contribution is -2.45. The van der Waals surface area contributed by atoms with Gasteiger partial charge in [-0.05, 0) is 17.7 Å². The van der Waals surface area contributed by atoms with Crippen LogP contribution < -0.4 is 0 Å². The maximum Gasteiger partial charge on any atom is 0.338 e. The van der Waals surface area contributed by atoms with Crippen LogP contribution in [0.4, 0.5) is 0 Å². The van der Waals surface area contributed by atoms with Gasteiger partial charge in [0.05, 0.1) is 17.9 Å². The molecule has 1 aliphatic carbocycles. The zero-order valence-corrected chi connectivity index (χ0v) is 14.4. The SMILES string of the molecule is CS(=O)(=O)OC1C(N=[N+]=[N-])C=C(C(=O)O)CC1OC(=O)c1ccccc1. The van der Waals surface area contributed by atoms with Gasteiger partial charge in [0.15, 0.2) is 0 Å². The maximum absolute atomic E-state index is 12.3. The van der Waals surface area contributed by atoms with Crippen molar-refractivity contribution in [2.24, 2.45) is 5.11 Å². The van der Waals surface area contributed by atoms with E-state index in [0.29, 0.717) is 0 Å². The number of ether oxygens (including phenoxy) is 1. The van der Waals surface area contributed by atoms with Crippen LogP contribution in [0.1, 0.15) is 16.8 Å². The molecule has 0 saturated carbocycles. The minimum atomic E-state index is -4.00. The average Bonchev–Trinajstić information content (AvgIpc) is 2.57. The predicted octanol–water partition coefficient (Wildman–Crippen LogP) is 1.65. The molecule has 2 rings (SSSR count). The molecule has 0 amide bonds. The van der Waals surface area contributed by atoms with E-state index < -0.39 is 40.3 Å². The number of esters is 1. The van der Waals surface area contributed by atoms with E-state index in [4.69, 9.17) is 14.5 Å². The molecule has 0 saturated heterocycles. The van der Waals surface area contributed by atoms with Crippen LogP contribution in [-0.4, -0.2) is 50.0 Å². The van der Waals surface area contributed by atoms with Crippen molar-refractivity contribution < 1.29 is 32.0 Å². The van der Waals surface area contributed by atoms with Crippen molar-refractivity contribution in [1.29, 1.82) is 0 Å². The highest BCUT2D eigenvalue weighted by Crippen LogP contribution is 2.28. The molecule has 10 nitrogen and oxygen atoms in total. The molecule has 11 heteroatoms. The fourth-order valence-electron chi connectivity index (χ4n) is 2.45. The van der Waals surface area contributed by atoms with Gasteiger partial charge in [0, 0.05) is 16.9 Å². The van der Waals surface area contributed by atoms with Gasteiger partial charge in [0.25, 0.3) is 10.1 Å². The van der Waals surface area contributed by atoms with Gasteiger partial charge in [-0.25, -0.2) is 9.59 Å². The summed E-state index contributed by atoms with van der Waals surface area (Å²) in [5, 5.41) is 12.6. The number of aliphatic carboxylic acids is 1. The second-order valence-corrected chi connectivity index (χ2v) is 7.07. The third kappa shape index (κ3) is 5.06. The smallest absolute Gasteiger partial charge is 0.338 e. The standard InChI is InChI=1S/C15H15N3O7S/c1-26(22,23)25-13-11(17-18-16)7-10(14(19)20)8-12(13)24-15(21)9-5-3-2-4-6-9/h2-7,11-13H,8H2,1H3,(H,19,20). The minimum absolute atomic E-state index is 0.179. The van der Waals surface area contributed by atoms with Crippen molar-refractivity contribution in [3.63, 3.8) is 0 Å². The quantitative estimate of drug-likeness (QED) is 0.258. The van der Waals surface area contributed by atoms with Gasteiger partial charge >= 0.3 is 11.9 Å². The van der Waals surface area contributed by atoms with Gasteiger partial charge < -0.3 is 9.84 Å². The van der Waals surface area contributed by atoms with Crippen molar-refractivity contribution in [2.45, 2.75) is 24.7 Å². The van der Waals surface area contributed by atoms with Crippen LogP contribution in [0.15, 0.2) is 47.1 Å². The molecule has 0 aliphatic heterocycles. The molecule has 138 valence electrons. The number of carbonyl (C=O) groups excluding carboxylic acids is 1. The van der Waals surface area contributed by atoms with Gasteiger partial charge in [-0.3, -0.25) is 4.18 Å². The molecule has 3 atom stereocenters. The summed E-state index contributed by atoms with van der Waals surface area (Å²) in [6.45, 7) is 0. The van der Waals surface area contributed by atoms with Crippen LogP contribution in [0, 0.1) is 0 Å². The Hall–Kier alpha value is -2.88. The van der Waals surface area contributed by atoms with E-state index >= 15 is 0 Å². The van der Waals surface area contributed by atoms with E-state index in [1.165, 1.54) is 12.1 Å². The van der Waals surface area contributed by atoms with Gasteiger partial charge in [0.2, 0.25) is 0 Å². The number of carbonyl (C=O) groups is 2. The highest BCUT2D eigenvalue weighted by Gasteiger charge is 2.40. The van der Waals surface area contributed by atoms with Crippen molar-refractivity contribution >= 4 is 22.1 Å². The highest BCUT2D eigenvalue weighted by molar-refractivity contribution is 7.86. The predicted molar refractivity (Wildman–Crippen MR) is 88.6 cm³/mol. The molecular formula is C15H15N3O7S. The first-order chi connectivity index (χ1) is 12.2. The van der Waals surface area contributed by atoms with Crippen LogP contribution in [0.25, 0.3) is 10.4 Å². The second kappa shape index (κ2) is 8.00. The summed E-state index contributed by atoms with van der Waals surface area (Å²) in [7, 11) is -4.00. The van der Waals surface area contributed by atoms with E-state index in [1.54, 1.807) is 18.2 Å². The Morgan fingerprint density at radius 3 is 2.50 bits per heavy atom. The minimum Gasteiger partial charge on any atom is -0.478 e. The third-order valence-electron chi connectivity index (χ3n) is 3.51. The monoisotopic (exact) mass is 381 g/mol. The maximum atomic E-state index is 12.3. The molecule has 1 aromatic carbocycles. The van der Waals surface area contributed by atoms with Crippen LogP contribution in [0.2, 0.25) is 0 Å². The Kier molecular flexibility index (Phi) is 5.98. The lowest BCUT2D eigenvalue weighted by molar-refractivity contribution is -0.133. The normalized spacial score (nSPS) is 22.7. The Morgan fingerprint density at radius 1 is 1.31 bits per heavy atom. The zero-order chi connectivity index (χ0) is 19.3. The van der Waals surface area contributed by atoms with Gasteiger partial charge in [0.1, 0.15) is 12.2 Å². The fourth-order valence-corrected chi connectivity index (χ4v) is 3.09. The lowest BCUT2D eigenvalue weighted by atomic mass is 9.90. The summed E-state index contributed by atoms with van der Waals surface area (Å²) in [6, 6.07) is 6.59. The molecule has 0 spiro atoms. The van der Waals surface area contributed by atoms with Crippen LogP contribution in [0.5, 0.6) is 0 Å². The zero-order valence-electron chi connectivity index (χ0n) is 13.5. The Bertz CT molecular complexity index is 876. The molecule has 0 fully saturated rings. The Labute approximate surface area is 148 Å². The number of hydrogen-bond donors (Lipinski definition) is 1. The molecule has 0 radical (unpaired) electrons. The number of rotatable bonds is 6. The van der Waals surface area contributed by atoms with Gasteiger partial charge in [-0.2, -0.15) is 8.42 Å². The van der Waals surface area contributed by atoms with Gasteiger partial charge in [-0.15, -0.1) is 0 Å². The fraction of sp³-hybridized carbons (Fsp3) is 0.333. The van der Waals surface area contributed by atoms with Crippen molar-refractivity contribution in [2.75, 3.05) is 6.26 Å². The molecular weight excluding hydrogens is 366 g/mol. The molecule has 1 aromatic rings. The summed E-state index contributed by atoms with van der Waals surface area (Å²) < 4.78 is 33.3.